The second-order valence-corrected chi connectivity index (χ2v) is 9.50. The molecule has 0 aliphatic carbocycles. The molecule has 1 aliphatic heterocycles. The maximum atomic E-state index is 13.2. The van der Waals surface area contributed by atoms with Crippen LogP contribution in [0.1, 0.15) is 22.3 Å². The van der Waals surface area contributed by atoms with Crippen molar-refractivity contribution in [3.8, 4) is 11.5 Å². The Labute approximate surface area is 234 Å². The molecule has 0 atom stereocenters. The Hall–Kier alpha value is -4.28. The van der Waals surface area contributed by atoms with Crippen LogP contribution in [0, 0.1) is 0 Å². The summed E-state index contributed by atoms with van der Waals surface area (Å²) in [7, 11) is 0. The average molecular weight is 568 g/mol. The predicted octanol–water partition coefficient (Wildman–Crippen LogP) is 6.26. The molecule has 0 bridgehead atoms. The summed E-state index contributed by atoms with van der Waals surface area (Å²) in [6.07, 6.45) is -1.17. The molecule has 1 N–H and O–H groups in total. The van der Waals surface area contributed by atoms with Crippen LogP contribution in [0.25, 0.3) is 16.5 Å². The van der Waals surface area contributed by atoms with Crippen molar-refractivity contribution in [3.63, 3.8) is 0 Å². The molecule has 7 nitrogen and oxygen atoms in total. The van der Waals surface area contributed by atoms with Gasteiger partial charge < -0.3 is 23.7 Å². The maximum Gasteiger partial charge on any atom is 0.416 e. The fourth-order valence-electron chi connectivity index (χ4n) is 4.65. The smallest absolute Gasteiger partial charge is 0.416 e. The maximum absolute atomic E-state index is 13.2. The van der Waals surface area contributed by atoms with Crippen LogP contribution in [0.5, 0.6) is 11.5 Å². The Bertz CT molecular complexity index is 1500. The lowest BCUT2D eigenvalue weighted by Crippen LogP contribution is -2.35. The highest BCUT2D eigenvalue weighted by atomic mass is 19.4. The molecule has 10 heteroatoms. The number of hydrogen-bond acceptors (Lipinski definition) is 6. The van der Waals surface area contributed by atoms with E-state index in [9.17, 15) is 18.0 Å². The minimum absolute atomic E-state index is 0.0943. The van der Waals surface area contributed by atoms with Gasteiger partial charge >= 0.3 is 12.1 Å². The fraction of sp³-hybridized carbons (Fsp3) is 0.258. The van der Waals surface area contributed by atoms with Crippen LogP contribution in [-0.4, -0.2) is 55.5 Å². The molecule has 0 saturated carbocycles. The van der Waals surface area contributed by atoms with Crippen molar-refractivity contribution >= 4 is 22.5 Å². The number of carboxylic acids is 1. The van der Waals surface area contributed by atoms with Crippen LogP contribution in [0.3, 0.4) is 0 Å². The number of nitrogens with zero attached hydrogens (tertiary/aromatic N) is 1. The molecule has 0 amide bonds. The van der Waals surface area contributed by atoms with Crippen LogP contribution in [0.15, 0.2) is 83.5 Å². The molecular weight excluding hydrogens is 539 g/mol. The second-order valence-electron chi connectivity index (χ2n) is 9.50. The number of benzene rings is 3. The van der Waals surface area contributed by atoms with Gasteiger partial charge in [0.2, 0.25) is 0 Å². The summed E-state index contributed by atoms with van der Waals surface area (Å²) in [5, 5.41) is 9.47. The van der Waals surface area contributed by atoms with Gasteiger partial charge in [-0.25, -0.2) is 4.79 Å². The number of alkyl halides is 3. The van der Waals surface area contributed by atoms with Crippen molar-refractivity contribution in [2.75, 3.05) is 39.5 Å². The van der Waals surface area contributed by atoms with Gasteiger partial charge in [0.15, 0.2) is 17.9 Å². The van der Waals surface area contributed by atoms with Gasteiger partial charge in [-0.15, -0.1) is 0 Å². The molecule has 214 valence electrons. The zero-order valence-corrected chi connectivity index (χ0v) is 22.0. The third kappa shape index (κ3) is 7.08. The summed E-state index contributed by atoms with van der Waals surface area (Å²) in [5.74, 6) is -0.338. The first kappa shape index (κ1) is 28.3. The lowest BCUT2D eigenvalue weighted by atomic mass is 9.95. The monoisotopic (exact) mass is 567 g/mol. The third-order valence-corrected chi connectivity index (χ3v) is 6.72. The number of furan rings is 1. The SMILES string of the molecule is O=C(O)COc1ccc(OC/C=C(\c2ccc(CN3CCOCC3)cc2)c2ccc(C(F)(F)F)cc2)c2occc12. The van der Waals surface area contributed by atoms with E-state index in [2.05, 4.69) is 4.90 Å². The molecule has 0 radical (unpaired) electrons. The van der Waals surface area contributed by atoms with E-state index >= 15 is 0 Å². The summed E-state index contributed by atoms with van der Waals surface area (Å²) >= 11 is 0. The van der Waals surface area contributed by atoms with Gasteiger partial charge in [0, 0.05) is 19.6 Å². The van der Waals surface area contributed by atoms with E-state index in [1.54, 1.807) is 18.2 Å². The largest absolute Gasteiger partial charge is 0.486 e. The standard InChI is InChI=1S/C31H28F3NO6/c32-31(33,34)24-7-5-23(6-8-24)25(22-3-1-21(2-4-22)19-35-13-17-38-18-14-35)11-15-39-28-10-9-27(41-20-29(36)37)26-12-16-40-30(26)28/h1-12,16H,13-15,17-20H2,(H,36,37)/b25-11+. The Kier molecular flexibility index (Phi) is 8.61. The number of carbonyl (C=O) groups is 1. The van der Waals surface area contributed by atoms with Crippen LogP contribution in [0.2, 0.25) is 0 Å². The summed E-state index contributed by atoms with van der Waals surface area (Å²) in [6, 6.07) is 17.9. The molecule has 1 saturated heterocycles. The lowest BCUT2D eigenvalue weighted by Gasteiger charge is -2.26. The van der Waals surface area contributed by atoms with Gasteiger partial charge in [-0.2, -0.15) is 13.2 Å². The first-order valence-electron chi connectivity index (χ1n) is 13.0. The molecule has 0 spiro atoms. The van der Waals surface area contributed by atoms with E-state index in [0.29, 0.717) is 46.8 Å². The van der Waals surface area contributed by atoms with Crippen molar-refractivity contribution in [2.24, 2.45) is 0 Å². The minimum atomic E-state index is -4.43. The van der Waals surface area contributed by atoms with Gasteiger partial charge in [0.25, 0.3) is 0 Å². The van der Waals surface area contributed by atoms with E-state index in [-0.39, 0.29) is 6.61 Å². The average Bonchev–Trinajstić information content (AvgIpc) is 3.46. The van der Waals surface area contributed by atoms with E-state index in [1.165, 1.54) is 18.4 Å². The number of ether oxygens (including phenoxy) is 3. The van der Waals surface area contributed by atoms with Crippen LogP contribution in [-0.2, 0) is 22.3 Å². The number of aliphatic carboxylic acids is 1. The van der Waals surface area contributed by atoms with Crippen molar-refractivity contribution < 1.29 is 41.7 Å². The van der Waals surface area contributed by atoms with Gasteiger partial charge in [0.1, 0.15) is 12.4 Å². The summed E-state index contributed by atoms with van der Waals surface area (Å²) < 4.78 is 61.9. The number of hydrogen-bond donors (Lipinski definition) is 1. The highest BCUT2D eigenvalue weighted by Crippen LogP contribution is 2.35. The van der Waals surface area contributed by atoms with E-state index in [4.69, 9.17) is 23.7 Å². The van der Waals surface area contributed by atoms with Crippen molar-refractivity contribution in [1.29, 1.82) is 0 Å². The summed E-state index contributed by atoms with van der Waals surface area (Å²) in [5.41, 5.74) is 2.97. The van der Waals surface area contributed by atoms with Gasteiger partial charge in [-0.05, 0) is 58.7 Å². The van der Waals surface area contributed by atoms with E-state index in [1.807, 2.05) is 30.3 Å². The number of carboxylic acid groups (broad SMARTS) is 1. The molecule has 4 aromatic rings. The minimum Gasteiger partial charge on any atom is -0.486 e. The number of rotatable bonds is 10. The first-order chi connectivity index (χ1) is 19.8. The Morgan fingerprint density at radius 2 is 1.56 bits per heavy atom. The van der Waals surface area contributed by atoms with Crippen molar-refractivity contribution in [3.05, 3.63) is 101 Å². The zero-order valence-electron chi connectivity index (χ0n) is 22.0. The first-order valence-corrected chi connectivity index (χ1v) is 13.0. The molecule has 1 fully saturated rings. The van der Waals surface area contributed by atoms with E-state index in [0.717, 1.165) is 42.9 Å². The zero-order chi connectivity index (χ0) is 28.8. The molecule has 0 unspecified atom stereocenters. The Morgan fingerprint density at radius 3 is 2.22 bits per heavy atom. The molecular formula is C31H28F3NO6. The third-order valence-electron chi connectivity index (χ3n) is 6.72. The topological polar surface area (TPSA) is 81.4 Å². The van der Waals surface area contributed by atoms with Gasteiger partial charge in [-0.1, -0.05) is 36.4 Å². The van der Waals surface area contributed by atoms with Crippen LogP contribution >= 0.6 is 0 Å². The highest BCUT2D eigenvalue weighted by molar-refractivity contribution is 5.89. The van der Waals surface area contributed by atoms with Crippen molar-refractivity contribution in [2.45, 2.75) is 12.7 Å². The number of halogens is 3. The quantitative estimate of drug-likeness (QED) is 0.242. The highest BCUT2D eigenvalue weighted by Gasteiger charge is 2.30. The van der Waals surface area contributed by atoms with Crippen LogP contribution < -0.4 is 9.47 Å². The molecule has 41 heavy (non-hydrogen) atoms. The number of morpholine rings is 1. The van der Waals surface area contributed by atoms with Gasteiger partial charge in [0.05, 0.1) is 30.4 Å². The van der Waals surface area contributed by atoms with Crippen LogP contribution in [0.4, 0.5) is 13.2 Å². The lowest BCUT2D eigenvalue weighted by molar-refractivity contribution is -0.139. The summed E-state index contributed by atoms with van der Waals surface area (Å²) in [4.78, 5) is 13.2. The fourth-order valence-corrected chi connectivity index (χ4v) is 4.65. The van der Waals surface area contributed by atoms with E-state index < -0.39 is 24.3 Å². The van der Waals surface area contributed by atoms with Gasteiger partial charge in [-0.3, -0.25) is 4.90 Å². The normalized spacial score (nSPS) is 14.8. The Morgan fingerprint density at radius 1 is 0.902 bits per heavy atom. The molecule has 2 heterocycles. The number of fused-ring (bicyclic) bond motifs is 1. The Balaban J connectivity index is 1.38. The second kappa shape index (κ2) is 12.5. The molecule has 3 aromatic carbocycles. The van der Waals surface area contributed by atoms with Crippen molar-refractivity contribution in [1.82, 2.24) is 4.90 Å². The molecule has 1 aliphatic rings. The summed E-state index contributed by atoms with van der Waals surface area (Å²) in [6.45, 7) is 3.54. The molecule has 5 rings (SSSR count). The predicted molar refractivity (Wildman–Crippen MR) is 146 cm³/mol. The molecule has 1 aromatic heterocycles.